The van der Waals surface area contributed by atoms with Gasteiger partial charge in [-0.3, -0.25) is 14.2 Å². The van der Waals surface area contributed by atoms with Crippen LogP contribution in [-0.4, -0.2) is 67.8 Å². The molecule has 34 heavy (non-hydrogen) atoms. The number of hydrogen-bond donors (Lipinski definition) is 0. The van der Waals surface area contributed by atoms with Gasteiger partial charge >= 0.3 is 0 Å². The number of rotatable bonds is 7. The number of carbonyl (C=O) groups is 2. The van der Waals surface area contributed by atoms with Gasteiger partial charge in [0.05, 0.1) is 0 Å². The molecule has 9 heteroatoms. The number of benzene rings is 2. The number of hydrogen-bond acceptors (Lipinski definition) is 5. The minimum absolute atomic E-state index is 0.0227. The molecule has 1 aliphatic heterocycles. The first-order valence-corrected chi connectivity index (χ1v) is 12.7. The monoisotopic (exact) mass is 497 g/mol. The van der Waals surface area contributed by atoms with E-state index in [1.165, 1.54) is 0 Å². The third kappa shape index (κ3) is 5.62. The van der Waals surface area contributed by atoms with Gasteiger partial charge in [0.15, 0.2) is 5.16 Å². The zero-order chi connectivity index (χ0) is 24.1. The minimum Gasteiger partial charge on any atom is -0.339 e. The molecular weight excluding hydrogens is 470 g/mol. The Balaban J connectivity index is 1.25. The highest BCUT2D eigenvalue weighted by Gasteiger charge is 2.30. The number of piperazine rings is 1. The second kappa shape index (κ2) is 11.1. The van der Waals surface area contributed by atoms with Gasteiger partial charge in [-0.05, 0) is 56.7 Å². The average Bonchev–Trinajstić information content (AvgIpc) is 3.22. The lowest BCUT2D eigenvalue weighted by atomic mass is 10.1. The second-order valence-electron chi connectivity index (χ2n) is 8.35. The minimum atomic E-state index is -0.0392. The summed E-state index contributed by atoms with van der Waals surface area (Å²) < 4.78 is 2.03. The van der Waals surface area contributed by atoms with E-state index in [0.29, 0.717) is 36.6 Å². The van der Waals surface area contributed by atoms with Gasteiger partial charge in [-0.15, -0.1) is 10.2 Å². The van der Waals surface area contributed by atoms with Crippen LogP contribution in [0.4, 0.5) is 0 Å². The number of aryl methyl sites for hydroxylation is 1. The highest BCUT2D eigenvalue weighted by molar-refractivity contribution is 7.99. The van der Waals surface area contributed by atoms with Crippen molar-refractivity contribution in [1.82, 2.24) is 24.6 Å². The van der Waals surface area contributed by atoms with E-state index in [0.717, 1.165) is 28.8 Å². The largest absolute Gasteiger partial charge is 0.339 e. The second-order valence-corrected chi connectivity index (χ2v) is 9.85. The number of carbonyl (C=O) groups excluding carboxylic acids is 2. The molecule has 4 rings (SSSR count). The Labute approximate surface area is 209 Å². The molecule has 0 bridgehead atoms. The van der Waals surface area contributed by atoms with Crippen LogP contribution in [0.15, 0.2) is 59.8 Å². The molecule has 0 N–H and O–H groups in total. The molecule has 2 aromatic carbocycles. The van der Waals surface area contributed by atoms with Crippen molar-refractivity contribution >= 4 is 35.2 Å². The van der Waals surface area contributed by atoms with Gasteiger partial charge in [0.1, 0.15) is 5.82 Å². The van der Waals surface area contributed by atoms with Crippen LogP contribution in [0.5, 0.6) is 0 Å². The van der Waals surface area contributed by atoms with Crippen molar-refractivity contribution in [2.24, 2.45) is 0 Å². The fourth-order valence-electron chi connectivity index (χ4n) is 4.10. The van der Waals surface area contributed by atoms with E-state index >= 15 is 0 Å². The van der Waals surface area contributed by atoms with Crippen molar-refractivity contribution in [3.05, 3.63) is 71.0 Å². The van der Waals surface area contributed by atoms with Gasteiger partial charge < -0.3 is 9.80 Å². The summed E-state index contributed by atoms with van der Waals surface area (Å²) in [5, 5.41) is 9.95. The zero-order valence-corrected chi connectivity index (χ0v) is 20.9. The normalized spacial score (nSPS) is 16.0. The molecule has 3 aromatic rings. The Morgan fingerprint density at radius 2 is 1.79 bits per heavy atom. The maximum absolute atomic E-state index is 12.8. The molecule has 1 aliphatic rings. The number of thioether (sulfide) groups is 1. The van der Waals surface area contributed by atoms with Gasteiger partial charge in [-0.1, -0.05) is 41.6 Å². The molecule has 1 atom stereocenters. The van der Waals surface area contributed by atoms with Gasteiger partial charge in [-0.2, -0.15) is 0 Å². The van der Waals surface area contributed by atoms with E-state index < -0.39 is 0 Å². The van der Waals surface area contributed by atoms with Crippen molar-refractivity contribution < 1.29 is 9.59 Å². The molecule has 178 valence electrons. The smallest absolute Gasteiger partial charge is 0.254 e. The summed E-state index contributed by atoms with van der Waals surface area (Å²) >= 11 is 7.54. The molecule has 0 aliphatic carbocycles. The number of para-hydroxylation sites is 1. The molecule has 1 saturated heterocycles. The summed E-state index contributed by atoms with van der Waals surface area (Å²) in [6.45, 7) is 5.56. The van der Waals surface area contributed by atoms with Crippen molar-refractivity contribution in [2.75, 3.05) is 25.4 Å². The number of nitrogens with zero attached hydrogens (tertiary/aromatic N) is 5. The standard InChI is InChI=1S/C25H28ClN5O2S/c1-18-17-29(14-15-30(18)24(33)20-10-12-21(26)13-11-20)23(32)9-6-16-34-25-28-27-19(2)31(25)22-7-4-3-5-8-22/h3-5,7-8,10-13,18H,6,9,14-17H2,1-2H3. The van der Waals surface area contributed by atoms with Crippen LogP contribution in [0.1, 0.15) is 35.9 Å². The van der Waals surface area contributed by atoms with Crippen LogP contribution in [-0.2, 0) is 4.79 Å². The Kier molecular flexibility index (Phi) is 7.90. The van der Waals surface area contributed by atoms with E-state index in [4.69, 9.17) is 11.6 Å². The first-order chi connectivity index (χ1) is 16.4. The van der Waals surface area contributed by atoms with Crippen molar-refractivity contribution in [3.63, 3.8) is 0 Å². The summed E-state index contributed by atoms with van der Waals surface area (Å²) in [4.78, 5) is 29.3. The van der Waals surface area contributed by atoms with E-state index in [1.54, 1.807) is 36.0 Å². The highest BCUT2D eigenvalue weighted by atomic mass is 35.5. The van der Waals surface area contributed by atoms with E-state index in [-0.39, 0.29) is 17.9 Å². The molecule has 0 radical (unpaired) electrons. The maximum atomic E-state index is 12.8. The lowest BCUT2D eigenvalue weighted by Crippen LogP contribution is -2.55. The molecular formula is C25H28ClN5O2S. The van der Waals surface area contributed by atoms with Gasteiger partial charge in [0.25, 0.3) is 5.91 Å². The Hall–Kier alpha value is -2.84. The predicted octanol–water partition coefficient (Wildman–Crippen LogP) is 4.47. The fraction of sp³-hybridized carbons (Fsp3) is 0.360. The third-order valence-corrected chi connectivity index (χ3v) is 7.18. The topological polar surface area (TPSA) is 71.3 Å². The third-order valence-electron chi connectivity index (χ3n) is 5.91. The van der Waals surface area contributed by atoms with E-state index in [2.05, 4.69) is 10.2 Å². The SMILES string of the molecule is Cc1nnc(SCCCC(=O)N2CCN(C(=O)c3ccc(Cl)cc3)C(C)C2)n1-c1ccccc1. The Morgan fingerprint density at radius 1 is 1.06 bits per heavy atom. The fourth-order valence-corrected chi connectivity index (χ4v) is 5.16. The molecule has 1 fully saturated rings. The first kappa shape index (κ1) is 24.3. The molecule has 2 amide bonds. The molecule has 1 unspecified atom stereocenters. The van der Waals surface area contributed by atoms with Crippen LogP contribution >= 0.6 is 23.4 Å². The van der Waals surface area contributed by atoms with Gasteiger partial charge in [-0.25, -0.2) is 0 Å². The average molecular weight is 498 g/mol. The summed E-state index contributed by atoms with van der Waals surface area (Å²) in [5.74, 6) is 1.73. The predicted molar refractivity (Wildman–Crippen MR) is 135 cm³/mol. The summed E-state index contributed by atoms with van der Waals surface area (Å²) in [7, 11) is 0. The number of aromatic nitrogens is 3. The van der Waals surface area contributed by atoms with Crippen LogP contribution in [0, 0.1) is 6.92 Å². The highest BCUT2D eigenvalue weighted by Crippen LogP contribution is 2.23. The van der Waals surface area contributed by atoms with Crippen LogP contribution in [0.25, 0.3) is 5.69 Å². The summed E-state index contributed by atoms with van der Waals surface area (Å²) in [6.07, 6.45) is 1.23. The lowest BCUT2D eigenvalue weighted by molar-refractivity contribution is -0.133. The van der Waals surface area contributed by atoms with Gasteiger partial charge in [0.2, 0.25) is 5.91 Å². The van der Waals surface area contributed by atoms with Crippen molar-refractivity contribution in [1.29, 1.82) is 0 Å². The first-order valence-electron chi connectivity index (χ1n) is 11.4. The Bertz CT molecular complexity index is 1140. The quantitative estimate of drug-likeness (QED) is 0.355. The van der Waals surface area contributed by atoms with Crippen LogP contribution < -0.4 is 0 Å². The molecule has 1 aromatic heterocycles. The van der Waals surface area contributed by atoms with Crippen molar-refractivity contribution in [2.45, 2.75) is 37.9 Å². The number of halogens is 1. The number of amides is 2. The van der Waals surface area contributed by atoms with E-state index in [9.17, 15) is 9.59 Å². The lowest BCUT2D eigenvalue weighted by Gasteiger charge is -2.40. The van der Waals surface area contributed by atoms with Gasteiger partial charge in [0, 0.05) is 54.1 Å². The molecule has 0 saturated carbocycles. The molecule has 7 nitrogen and oxygen atoms in total. The Morgan fingerprint density at radius 3 is 2.50 bits per heavy atom. The summed E-state index contributed by atoms with van der Waals surface area (Å²) in [5.41, 5.74) is 1.65. The van der Waals surface area contributed by atoms with Crippen molar-refractivity contribution in [3.8, 4) is 5.69 Å². The summed E-state index contributed by atoms with van der Waals surface area (Å²) in [6, 6.07) is 16.9. The van der Waals surface area contributed by atoms with E-state index in [1.807, 2.05) is 58.5 Å². The van der Waals surface area contributed by atoms with Crippen LogP contribution in [0.2, 0.25) is 5.02 Å². The molecule has 0 spiro atoms. The maximum Gasteiger partial charge on any atom is 0.254 e. The van der Waals surface area contributed by atoms with Crippen LogP contribution in [0.3, 0.4) is 0 Å². The molecule has 2 heterocycles. The zero-order valence-electron chi connectivity index (χ0n) is 19.4.